The summed E-state index contributed by atoms with van der Waals surface area (Å²) in [4.78, 5) is 25.5. The molecule has 0 aromatic carbocycles. The van der Waals surface area contributed by atoms with E-state index in [9.17, 15) is 9.59 Å². The normalized spacial score (nSPS) is 16.0. The summed E-state index contributed by atoms with van der Waals surface area (Å²) in [5, 5.41) is 2.83. The third-order valence-electron chi connectivity index (χ3n) is 3.23. The number of rotatable bonds is 7. The molecule has 1 amide bonds. The van der Waals surface area contributed by atoms with E-state index in [0.717, 1.165) is 32.8 Å². The molecule has 20 heavy (non-hydrogen) atoms. The minimum absolute atomic E-state index is 0.0989. The number of nitrogens with zero attached hydrogens (tertiary/aromatic N) is 1. The standard InChI is InChI=1S/C14H20N2O4/c17-12(13-2-1-9-20-13)3-4-14(18)15-5-6-16-7-10-19-11-8-16/h1-2,9H,3-8,10-11H2,(H,15,18). The highest BCUT2D eigenvalue weighted by Crippen LogP contribution is 2.05. The summed E-state index contributed by atoms with van der Waals surface area (Å²) in [5.41, 5.74) is 0. The largest absolute Gasteiger partial charge is 0.461 e. The summed E-state index contributed by atoms with van der Waals surface area (Å²) < 4.78 is 10.2. The monoisotopic (exact) mass is 280 g/mol. The number of carbonyl (C=O) groups is 2. The van der Waals surface area contributed by atoms with E-state index in [1.54, 1.807) is 12.1 Å². The van der Waals surface area contributed by atoms with Crippen molar-refractivity contribution in [3.8, 4) is 0 Å². The molecule has 1 N–H and O–H groups in total. The number of amides is 1. The molecule has 2 heterocycles. The molecule has 1 saturated heterocycles. The van der Waals surface area contributed by atoms with Crippen molar-refractivity contribution in [1.29, 1.82) is 0 Å². The molecule has 0 bridgehead atoms. The van der Waals surface area contributed by atoms with Crippen molar-refractivity contribution in [3.63, 3.8) is 0 Å². The lowest BCUT2D eigenvalue weighted by molar-refractivity contribution is -0.121. The smallest absolute Gasteiger partial charge is 0.220 e. The topological polar surface area (TPSA) is 71.8 Å². The number of ketones is 1. The van der Waals surface area contributed by atoms with Crippen molar-refractivity contribution >= 4 is 11.7 Å². The molecule has 0 radical (unpaired) electrons. The fourth-order valence-electron chi connectivity index (χ4n) is 2.05. The Bertz CT molecular complexity index is 424. The lowest BCUT2D eigenvalue weighted by atomic mass is 10.2. The molecule has 1 aromatic rings. The Labute approximate surface area is 118 Å². The molecule has 110 valence electrons. The van der Waals surface area contributed by atoms with E-state index in [4.69, 9.17) is 9.15 Å². The summed E-state index contributed by atoms with van der Waals surface area (Å²) in [5.74, 6) is 0.0719. The van der Waals surface area contributed by atoms with Crippen LogP contribution in [0.25, 0.3) is 0 Å². The quantitative estimate of drug-likeness (QED) is 0.744. The maximum absolute atomic E-state index is 11.6. The van der Waals surface area contributed by atoms with E-state index in [1.807, 2.05) is 0 Å². The zero-order valence-corrected chi connectivity index (χ0v) is 11.5. The number of hydrogen-bond acceptors (Lipinski definition) is 5. The molecule has 0 unspecified atom stereocenters. The second kappa shape index (κ2) is 7.81. The summed E-state index contributed by atoms with van der Waals surface area (Å²) in [6.45, 7) is 4.76. The SMILES string of the molecule is O=C(CCC(=O)c1ccco1)NCCN1CCOCC1. The van der Waals surface area contributed by atoms with Crippen LogP contribution in [0.2, 0.25) is 0 Å². The number of Topliss-reactive ketones (excluding diaryl/α,β-unsaturated/α-hetero) is 1. The first kappa shape index (κ1) is 14.7. The molecular formula is C14H20N2O4. The fraction of sp³-hybridized carbons (Fsp3) is 0.571. The molecule has 0 saturated carbocycles. The van der Waals surface area contributed by atoms with Crippen LogP contribution in [0, 0.1) is 0 Å². The molecule has 0 atom stereocenters. The minimum atomic E-state index is -0.140. The van der Waals surface area contributed by atoms with Gasteiger partial charge in [0.05, 0.1) is 19.5 Å². The first-order chi connectivity index (χ1) is 9.75. The third-order valence-corrected chi connectivity index (χ3v) is 3.23. The van der Waals surface area contributed by atoms with Crippen LogP contribution in [0.3, 0.4) is 0 Å². The minimum Gasteiger partial charge on any atom is -0.461 e. The lowest BCUT2D eigenvalue weighted by Gasteiger charge is -2.26. The zero-order chi connectivity index (χ0) is 14.2. The Balaban J connectivity index is 1.57. The predicted molar refractivity (Wildman–Crippen MR) is 72.5 cm³/mol. The summed E-state index contributed by atoms with van der Waals surface area (Å²) in [6, 6.07) is 3.27. The van der Waals surface area contributed by atoms with Gasteiger partial charge < -0.3 is 14.5 Å². The van der Waals surface area contributed by atoms with E-state index in [0.29, 0.717) is 12.3 Å². The Kier molecular flexibility index (Phi) is 5.76. The number of nitrogens with one attached hydrogen (secondary N) is 1. The Morgan fingerprint density at radius 3 is 2.75 bits per heavy atom. The summed E-state index contributed by atoms with van der Waals surface area (Å²) in [6.07, 6.45) is 1.83. The number of carbonyl (C=O) groups excluding carboxylic acids is 2. The van der Waals surface area contributed by atoms with E-state index >= 15 is 0 Å². The van der Waals surface area contributed by atoms with Crippen molar-refractivity contribution in [2.45, 2.75) is 12.8 Å². The number of morpholine rings is 1. The molecule has 0 spiro atoms. The van der Waals surface area contributed by atoms with Crippen molar-refractivity contribution in [1.82, 2.24) is 10.2 Å². The first-order valence-corrected chi connectivity index (χ1v) is 6.89. The van der Waals surface area contributed by atoms with Gasteiger partial charge in [-0.25, -0.2) is 0 Å². The van der Waals surface area contributed by atoms with Crippen LogP contribution < -0.4 is 5.32 Å². The van der Waals surface area contributed by atoms with Crippen LogP contribution in [-0.2, 0) is 9.53 Å². The molecule has 1 aliphatic heterocycles. The molecule has 1 fully saturated rings. The molecule has 1 aromatic heterocycles. The molecule has 6 nitrogen and oxygen atoms in total. The van der Waals surface area contributed by atoms with Crippen LogP contribution in [0.5, 0.6) is 0 Å². The van der Waals surface area contributed by atoms with E-state index in [-0.39, 0.29) is 24.5 Å². The Hall–Kier alpha value is -1.66. The van der Waals surface area contributed by atoms with Gasteiger partial charge in [-0.3, -0.25) is 14.5 Å². The molecule has 2 rings (SSSR count). The van der Waals surface area contributed by atoms with Gasteiger partial charge in [-0.1, -0.05) is 0 Å². The van der Waals surface area contributed by atoms with Crippen molar-refractivity contribution in [2.24, 2.45) is 0 Å². The zero-order valence-electron chi connectivity index (χ0n) is 11.5. The van der Waals surface area contributed by atoms with Crippen LogP contribution in [0.4, 0.5) is 0 Å². The van der Waals surface area contributed by atoms with Crippen LogP contribution in [0.1, 0.15) is 23.4 Å². The molecular weight excluding hydrogens is 260 g/mol. The Morgan fingerprint density at radius 2 is 2.05 bits per heavy atom. The molecule has 6 heteroatoms. The first-order valence-electron chi connectivity index (χ1n) is 6.89. The van der Waals surface area contributed by atoms with Gasteiger partial charge in [-0.05, 0) is 12.1 Å². The predicted octanol–water partition coefficient (Wildman–Crippen LogP) is 0.691. The second-order valence-corrected chi connectivity index (χ2v) is 4.70. The summed E-state index contributed by atoms with van der Waals surface area (Å²) in [7, 11) is 0. The highest BCUT2D eigenvalue weighted by Gasteiger charge is 2.12. The van der Waals surface area contributed by atoms with Gasteiger partial charge in [0.25, 0.3) is 0 Å². The van der Waals surface area contributed by atoms with Crippen LogP contribution >= 0.6 is 0 Å². The van der Waals surface area contributed by atoms with Gasteiger partial charge in [0.15, 0.2) is 11.5 Å². The van der Waals surface area contributed by atoms with Gasteiger partial charge in [0.2, 0.25) is 5.91 Å². The number of furan rings is 1. The average Bonchev–Trinajstić information content (AvgIpc) is 3.00. The molecule has 0 aliphatic carbocycles. The Morgan fingerprint density at radius 1 is 1.25 bits per heavy atom. The van der Waals surface area contributed by atoms with Gasteiger partial charge in [-0.2, -0.15) is 0 Å². The van der Waals surface area contributed by atoms with Crippen LogP contribution in [0.15, 0.2) is 22.8 Å². The molecule has 1 aliphatic rings. The van der Waals surface area contributed by atoms with Gasteiger partial charge in [0.1, 0.15) is 0 Å². The number of ether oxygens (including phenoxy) is 1. The maximum atomic E-state index is 11.6. The highest BCUT2D eigenvalue weighted by atomic mass is 16.5. The van der Waals surface area contributed by atoms with Crippen molar-refractivity contribution in [2.75, 3.05) is 39.4 Å². The third kappa shape index (κ3) is 4.79. The average molecular weight is 280 g/mol. The highest BCUT2D eigenvalue weighted by molar-refractivity contribution is 5.95. The summed E-state index contributed by atoms with van der Waals surface area (Å²) >= 11 is 0. The number of hydrogen-bond donors (Lipinski definition) is 1. The van der Waals surface area contributed by atoms with Gasteiger partial charge in [0, 0.05) is 39.0 Å². The van der Waals surface area contributed by atoms with Gasteiger partial charge in [-0.15, -0.1) is 0 Å². The van der Waals surface area contributed by atoms with Gasteiger partial charge >= 0.3 is 0 Å². The van der Waals surface area contributed by atoms with Crippen molar-refractivity contribution in [3.05, 3.63) is 24.2 Å². The van der Waals surface area contributed by atoms with Crippen LogP contribution in [-0.4, -0.2) is 56.0 Å². The second-order valence-electron chi connectivity index (χ2n) is 4.70. The van der Waals surface area contributed by atoms with E-state index in [2.05, 4.69) is 10.2 Å². The fourth-order valence-corrected chi connectivity index (χ4v) is 2.05. The van der Waals surface area contributed by atoms with E-state index < -0.39 is 0 Å². The van der Waals surface area contributed by atoms with E-state index in [1.165, 1.54) is 6.26 Å². The van der Waals surface area contributed by atoms with Crippen molar-refractivity contribution < 1.29 is 18.7 Å². The lowest BCUT2D eigenvalue weighted by Crippen LogP contribution is -2.41. The maximum Gasteiger partial charge on any atom is 0.220 e.